The summed E-state index contributed by atoms with van der Waals surface area (Å²) in [6, 6.07) is 4.35. The topological polar surface area (TPSA) is 82.1 Å². The number of benzene rings is 1. The molecule has 142 valence electrons. The van der Waals surface area contributed by atoms with Crippen molar-refractivity contribution in [1.82, 2.24) is 4.90 Å². The van der Waals surface area contributed by atoms with E-state index in [1.165, 1.54) is 11.8 Å². The summed E-state index contributed by atoms with van der Waals surface area (Å²) in [4.78, 5) is 37.7. The van der Waals surface area contributed by atoms with Crippen LogP contribution in [0, 0.1) is 5.41 Å². The van der Waals surface area contributed by atoms with Crippen LogP contribution in [-0.4, -0.2) is 49.0 Å². The molecule has 0 saturated heterocycles. The van der Waals surface area contributed by atoms with Gasteiger partial charge in [0.2, 0.25) is 12.7 Å². The van der Waals surface area contributed by atoms with E-state index < -0.39 is 11.5 Å². The summed E-state index contributed by atoms with van der Waals surface area (Å²) in [5.41, 5.74) is -0.0565. The van der Waals surface area contributed by atoms with E-state index in [9.17, 15) is 14.4 Å². The van der Waals surface area contributed by atoms with Gasteiger partial charge in [-0.2, -0.15) is 0 Å². The molecule has 7 heteroatoms. The minimum absolute atomic E-state index is 0.137. The van der Waals surface area contributed by atoms with Crippen LogP contribution in [0.5, 0.6) is 11.5 Å². The van der Waals surface area contributed by atoms with Gasteiger partial charge >= 0.3 is 5.97 Å². The average Bonchev–Trinajstić information content (AvgIpc) is 3.05. The first-order chi connectivity index (χ1) is 12.1. The molecule has 1 aromatic carbocycles. The van der Waals surface area contributed by atoms with E-state index in [-0.39, 0.29) is 37.5 Å². The summed E-state index contributed by atoms with van der Waals surface area (Å²) < 4.78 is 15.5. The lowest BCUT2D eigenvalue weighted by Gasteiger charge is -2.29. The van der Waals surface area contributed by atoms with E-state index in [4.69, 9.17) is 14.2 Å². The van der Waals surface area contributed by atoms with Gasteiger partial charge in [0.05, 0.1) is 12.6 Å². The second-order valence-electron chi connectivity index (χ2n) is 7.23. The van der Waals surface area contributed by atoms with Crippen LogP contribution in [0.2, 0.25) is 0 Å². The molecule has 0 N–H and O–H groups in total. The van der Waals surface area contributed by atoms with Gasteiger partial charge in [-0.05, 0) is 25.1 Å². The Morgan fingerprint density at radius 2 is 1.88 bits per heavy atom. The van der Waals surface area contributed by atoms with Crippen molar-refractivity contribution >= 4 is 17.7 Å². The number of ether oxygens (including phenoxy) is 3. The number of hydrogen-bond donors (Lipinski definition) is 0. The molecule has 0 unspecified atom stereocenters. The van der Waals surface area contributed by atoms with Crippen molar-refractivity contribution in [1.29, 1.82) is 0 Å². The van der Waals surface area contributed by atoms with Crippen molar-refractivity contribution in [3.63, 3.8) is 0 Å². The van der Waals surface area contributed by atoms with E-state index in [2.05, 4.69) is 0 Å². The zero-order valence-corrected chi connectivity index (χ0v) is 15.8. The lowest BCUT2D eigenvalue weighted by Crippen LogP contribution is -2.42. The summed E-state index contributed by atoms with van der Waals surface area (Å²) >= 11 is 0. The Bertz CT molecular complexity index is 712. The van der Waals surface area contributed by atoms with Crippen LogP contribution in [0.15, 0.2) is 18.2 Å². The van der Waals surface area contributed by atoms with Crippen LogP contribution in [0.1, 0.15) is 44.5 Å². The van der Waals surface area contributed by atoms with Crippen LogP contribution in [0.25, 0.3) is 0 Å². The van der Waals surface area contributed by atoms with Gasteiger partial charge in [0.25, 0.3) is 0 Å². The third-order valence-electron chi connectivity index (χ3n) is 4.31. The van der Waals surface area contributed by atoms with Gasteiger partial charge in [-0.3, -0.25) is 14.4 Å². The highest BCUT2D eigenvalue weighted by molar-refractivity contribution is 6.02. The number of hydrogen-bond acceptors (Lipinski definition) is 6. The van der Waals surface area contributed by atoms with Crippen molar-refractivity contribution < 1.29 is 28.6 Å². The fourth-order valence-electron chi connectivity index (χ4n) is 2.56. The molecule has 1 aliphatic heterocycles. The monoisotopic (exact) mass is 363 g/mol. The minimum Gasteiger partial charge on any atom is -0.465 e. The maximum atomic E-state index is 12.7. The molecule has 1 atom stereocenters. The first kappa shape index (κ1) is 19.8. The number of amides is 1. The third-order valence-corrected chi connectivity index (χ3v) is 4.31. The Morgan fingerprint density at radius 3 is 2.54 bits per heavy atom. The SMILES string of the molecule is CC(=O)OCC(C)(C)CC(=O)N(C)[C@@H](C)C(=O)c1ccc2c(c1)OCO2. The van der Waals surface area contributed by atoms with E-state index in [0.29, 0.717) is 17.1 Å². The number of nitrogens with zero attached hydrogens (tertiary/aromatic N) is 1. The Kier molecular flexibility index (Phi) is 5.90. The fourth-order valence-corrected chi connectivity index (χ4v) is 2.56. The summed E-state index contributed by atoms with van der Waals surface area (Å²) in [6.45, 7) is 6.97. The average molecular weight is 363 g/mol. The van der Waals surface area contributed by atoms with Crippen LogP contribution >= 0.6 is 0 Å². The Balaban J connectivity index is 2.01. The molecule has 26 heavy (non-hydrogen) atoms. The largest absolute Gasteiger partial charge is 0.465 e. The zero-order chi connectivity index (χ0) is 19.5. The number of ketones is 1. The molecule has 7 nitrogen and oxygen atoms in total. The zero-order valence-electron chi connectivity index (χ0n) is 15.8. The Hall–Kier alpha value is -2.57. The maximum Gasteiger partial charge on any atom is 0.302 e. The molecule has 0 saturated carbocycles. The highest BCUT2D eigenvalue weighted by Gasteiger charge is 2.30. The van der Waals surface area contributed by atoms with Crippen molar-refractivity contribution in [2.24, 2.45) is 5.41 Å². The number of likely N-dealkylation sites (N-methyl/N-ethyl adjacent to an activating group) is 1. The minimum atomic E-state index is -0.632. The highest BCUT2D eigenvalue weighted by atomic mass is 16.7. The Morgan fingerprint density at radius 1 is 1.23 bits per heavy atom. The van der Waals surface area contributed by atoms with Crippen molar-refractivity contribution in [3.05, 3.63) is 23.8 Å². The lowest BCUT2D eigenvalue weighted by molar-refractivity contribution is -0.146. The van der Waals surface area contributed by atoms with Crippen LogP contribution in [0.3, 0.4) is 0 Å². The second-order valence-corrected chi connectivity index (χ2v) is 7.23. The number of esters is 1. The van der Waals surface area contributed by atoms with Crippen molar-refractivity contribution in [2.75, 3.05) is 20.4 Å². The third kappa shape index (κ3) is 4.74. The number of rotatable bonds is 7. The highest BCUT2D eigenvalue weighted by Crippen LogP contribution is 2.33. The molecule has 1 aromatic rings. The van der Waals surface area contributed by atoms with Gasteiger partial charge in [0.15, 0.2) is 17.3 Å². The van der Waals surface area contributed by atoms with Crippen molar-refractivity contribution in [3.8, 4) is 11.5 Å². The summed E-state index contributed by atoms with van der Waals surface area (Å²) in [5.74, 6) is 0.372. The predicted molar refractivity (Wildman–Crippen MR) is 94.2 cm³/mol. The van der Waals surface area contributed by atoms with Crippen LogP contribution in [-0.2, 0) is 14.3 Å². The van der Waals surface area contributed by atoms with E-state index in [0.717, 1.165) is 0 Å². The molecule has 0 spiro atoms. The first-order valence-electron chi connectivity index (χ1n) is 8.43. The molecule has 0 aromatic heterocycles. The molecule has 2 rings (SSSR count). The number of fused-ring (bicyclic) bond motifs is 1. The van der Waals surface area contributed by atoms with Gasteiger partial charge in [-0.25, -0.2) is 0 Å². The van der Waals surface area contributed by atoms with E-state index in [1.54, 1.807) is 32.2 Å². The number of Topliss-reactive ketones (excluding diaryl/α,β-unsaturated/α-hetero) is 1. The molecule has 1 aliphatic rings. The van der Waals surface area contributed by atoms with Crippen LogP contribution in [0.4, 0.5) is 0 Å². The molecule has 0 aliphatic carbocycles. The second kappa shape index (κ2) is 7.76. The standard InChI is InChI=1S/C19H25NO6/c1-12(18(23)14-6-7-15-16(8-14)26-11-25-15)20(5)17(22)9-19(3,4)10-24-13(2)21/h6-8,12H,9-11H2,1-5H3/t12-/m0/s1. The fraction of sp³-hybridized carbons (Fsp3) is 0.526. The molecule has 0 bridgehead atoms. The molecule has 1 amide bonds. The van der Waals surface area contributed by atoms with Gasteiger partial charge in [-0.15, -0.1) is 0 Å². The molecule has 0 fully saturated rings. The first-order valence-corrected chi connectivity index (χ1v) is 8.43. The van der Waals surface area contributed by atoms with E-state index in [1.807, 2.05) is 13.8 Å². The predicted octanol–water partition coefficient (Wildman–Crippen LogP) is 2.42. The molecular weight excluding hydrogens is 338 g/mol. The molecule has 1 heterocycles. The van der Waals surface area contributed by atoms with Gasteiger partial charge in [-0.1, -0.05) is 13.8 Å². The summed E-state index contributed by atoms with van der Waals surface area (Å²) in [7, 11) is 1.60. The normalized spacial score (nSPS) is 13.9. The summed E-state index contributed by atoms with van der Waals surface area (Å²) in [6.07, 6.45) is 0.162. The smallest absolute Gasteiger partial charge is 0.302 e. The van der Waals surface area contributed by atoms with Gasteiger partial charge < -0.3 is 19.1 Å². The quantitative estimate of drug-likeness (QED) is 0.547. The number of carbonyl (C=O) groups excluding carboxylic acids is 3. The lowest BCUT2D eigenvalue weighted by atomic mass is 9.89. The van der Waals surface area contributed by atoms with Gasteiger partial charge in [0, 0.05) is 31.4 Å². The van der Waals surface area contributed by atoms with Crippen molar-refractivity contribution in [2.45, 2.75) is 40.2 Å². The number of carbonyl (C=O) groups is 3. The van der Waals surface area contributed by atoms with Crippen LogP contribution < -0.4 is 9.47 Å². The van der Waals surface area contributed by atoms with Gasteiger partial charge in [0.1, 0.15) is 0 Å². The Labute approximate surface area is 153 Å². The maximum absolute atomic E-state index is 12.7. The summed E-state index contributed by atoms with van der Waals surface area (Å²) in [5, 5.41) is 0. The molecular formula is C19H25NO6. The molecule has 0 radical (unpaired) electrons. The van der Waals surface area contributed by atoms with E-state index >= 15 is 0 Å².